The first kappa shape index (κ1) is 16.6. The van der Waals surface area contributed by atoms with Crippen LogP contribution in [0, 0.1) is 0 Å². The van der Waals surface area contributed by atoms with Crippen LogP contribution >= 0.6 is 34.7 Å². The predicted molar refractivity (Wildman–Crippen MR) is 99.4 cm³/mol. The highest BCUT2D eigenvalue weighted by Crippen LogP contribution is 2.31. The van der Waals surface area contributed by atoms with Crippen molar-refractivity contribution in [2.75, 3.05) is 0 Å². The summed E-state index contributed by atoms with van der Waals surface area (Å²) < 4.78 is 2.06. The van der Waals surface area contributed by atoms with Gasteiger partial charge in [-0.1, -0.05) is 49.3 Å². The van der Waals surface area contributed by atoms with Gasteiger partial charge in [0.1, 0.15) is 0 Å². The molecule has 0 aliphatic rings. The fraction of sp³-hybridized carbons (Fsp3) is 0.294. The molecular weight excluding hydrogens is 346 g/mol. The highest BCUT2D eigenvalue weighted by molar-refractivity contribution is 7.98. The van der Waals surface area contributed by atoms with Crippen molar-refractivity contribution in [3.63, 3.8) is 0 Å². The molecule has 0 saturated carbocycles. The number of nitrogens with zero attached hydrogens (tertiary/aromatic N) is 3. The first-order chi connectivity index (χ1) is 11.0. The van der Waals surface area contributed by atoms with Crippen molar-refractivity contribution in [2.24, 2.45) is 7.05 Å². The smallest absolute Gasteiger partial charge is 0.191 e. The van der Waals surface area contributed by atoms with Crippen molar-refractivity contribution in [3.05, 3.63) is 51.2 Å². The topological polar surface area (TPSA) is 30.7 Å². The molecule has 0 aliphatic heterocycles. The summed E-state index contributed by atoms with van der Waals surface area (Å²) in [7, 11) is 2.02. The summed E-state index contributed by atoms with van der Waals surface area (Å²) in [5, 5.41) is 12.5. The molecule has 23 heavy (non-hydrogen) atoms. The minimum absolute atomic E-state index is 0.540. The molecule has 0 N–H and O–H groups in total. The molecule has 6 heteroatoms. The fourth-order valence-corrected chi connectivity index (χ4v) is 4.21. The molecule has 1 aromatic carbocycles. The summed E-state index contributed by atoms with van der Waals surface area (Å²) in [5.41, 5.74) is 2.33. The molecule has 0 bridgehead atoms. The minimum atomic E-state index is 0.540. The lowest BCUT2D eigenvalue weighted by Gasteiger charge is -2.03. The van der Waals surface area contributed by atoms with Crippen molar-refractivity contribution in [2.45, 2.75) is 30.7 Å². The Morgan fingerprint density at radius 2 is 2.09 bits per heavy atom. The Morgan fingerprint density at radius 3 is 2.78 bits per heavy atom. The third kappa shape index (κ3) is 3.79. The van der Waals surface area contributed by atoms with E-state index in [-0.39, 0.29) is 0 Å². The summed E-state index contributed by atoms with van der Waals surface area (Å²) in [4.78, 5) is 1.37. The molecule has 0 spiro atoms. The van der Waals surface area contributed by atoms with Crippen LogP contribution in [0.2, 0.25) is 5.02 Å². The number of rotatable bonds is 5. The van der Waals surface area contributed by atoms with Gasteiger partial charge in [0.25, 0.3) is 0 Å². The Balaban J connectivity index is 1.76. The normalized spacial score (nSPS) is 11.3. The molecule has 0 unspecified atom stereocenters. The quantitative estimate of drug-likeness (QED) is 0.552. The molecule has 120 valence electrons. The van der Waals surface area contributed by atoms with Crippen LogP contribution in [0.25, 0.3) is 11.4 Å². The van der Waals surface area contributed by atoms with Gasteiger partial charge in [-0.3, -0.25) is 0 Å². The Kier molecular flexibility index (Phi) is 5.09. The molecule has 3 aromatic rings. The number of aromatic nitrogens is 3. The molecule has 2 aromatic heterocycles. The van der Waals surface area contributed by atoms with Gasteiger partial charge in [0.15, 0.2) is 11.0 Å². The minimum Gasteiger partial charge on any atom is -0.305 e. The van der Waals surface area contributed by atoms with E-state index in [1.807, 2.05) is 25.2 Å². The van der Waals surface area contributed by atoms with Crippen LogP contribution in [0.1, 0.15) is 30.2 Å². The molecule has 0 radical (unpaired) electrons. The Bertz CT molecular complexity index is 808. The van der Waals surface area contributed by atoms with E-state index in [1.165, 1.54) is 10.4 Å². The third-order valence-electron chi connectivity index (χ3n) is 3.54. The maximum absolute atomic E-state index is 6.03. The van der Waals surface area contributed by atoms with Crippen LogP contribution in [-0.2, 0) is 12.8 Å². The monoisotopic (exact) mass is 363 g/mol. The van der Waals surface area contributed by atoms with Crippen LogP contribution in [0.4, 0.5) is 0 Å². The van der Waals surface area contributed by atoms with E-state index in [0.717, 1.165) is 27.3 Å². The number of hydrogen-bond donors (Lipinski definition) is 0. The van der Waals surface area contributed by atoms with Gasteiger partial charge in [-0.15, -0.1) is 21.5 Å². The molecular formula is C17H18ClN3S2. The second-order valence-electron chi connectivity index (χ2n) is 5.68. The summed E-state index contributed by atoms with van der Waals surface area (Å²) in [6.45, 7) is 4.41. The molecule has 3 nitrogen and oxygen atoms in total. The average Bonchev–Trinajstić information content (AvgIpc) is 3.12. The van der Waals surface area contributed by atoms with Crippen molar-refractivity contribution in [1.82, 2.24) is 14.8 Å². The van der Waals surface area contributed by atoms with Gasteiger partial charge in [0, 0.05) is 33.6 Å². The van der Waals surface area contributed by atoms with Gasteiger partial charge in [0.05, 0.1) is 0 Å². The van der Waals surface area contributed by atoms with Crippen LogP contribution in [0.5, 0.6) is 0 Å². The summed E-state index contributed by atoms with van der Waals surface area (Å²) in [6, 6.07) is 10.1. The average molecular weight is 364 g/mol. The summed E-state index contributed by atoms with van der Waals surface area (Å²) >= 11 is 9.48. The van der Waals surface area contributed by atoms with E-state index in [2.05, 4.69) is 46.1 Å². The highest BCUT2D eigenvalue weighted by atomic mass is 35.5. The van der Waals surface area contributed by atoms with Crippen molar-refractivity contribution in [1.29, 1.82) is 0 Å². The molecule has 0 saturated heterocycles. The number of thioether (sulfide) groups is 1. The molecule has 0 fully saturated rings. The fourth-order valence-electron chi connectivity index (χ4n) is 2.24. The zero-order valence-corrected chi connectivity index (χ0v) is 15.7. The SMILES string of the molecule is CC(C)c1cc(-c2nnc(SCc3cccc(Cl)c3)n2C)cs1. The van der Waals surface area contributed by atoms with Gasteiger partial charge in [-0.2, -0.15) is 0 Å². The van der Waals surface area contributed by atoms with E-state index in [0.29, 0.717) is 5.92 Å². The lowest BCUT2D eigenvalue weighted by Crippen LogP contribution is -1.94. The van der Waals surface area contributed by atoms with Crippen LogP contribution < -0.4 is 0 Å². The number of benzene rings is 1. The Labute approximate surface area is 149 Å². The molecule has 0 atom stereocenters. The highest BCUT2D eigenvalue weighted by Gasteiger charge is 2.14. The van der Waals surface area contributed by atoms with Crippen LogP contribution in [-0.4, -0.2) is 14.8 Å². The van der Waals surface area contributed by atoms with E-state index in [4.69, 9.17) is 11.6 Å². The predicted octanol–water partition coefficient (Wildman–Crippen LogP) is 5.61. The molecule has 0 aliphatic carbocycles. The first-order valence-corrected chi connectivity index (χ1v) is 9.64. The van der Waals surface area contributed by atoms with Crippen LogP contribution in [0.15, 0.2) is 40.9 Å². The first-order valence-electron chi connectivity index (χ1n) is 7.40. The number of halogens is 1. The van der Waals surface area contributed by atoms with Crippen LogP contribution in [0.3, 0.4) is 0 Å². The summed E-state index contributed by atoms with van der Waals surface area (Å²) in [6.07, 6.45) is 0. The third-order valence-corrected chi connectivity index (χ3v) is 6.10. The van der Waals surface area contributed by atoms with Gasteiger partial charge < -0.3 is 4.57 Å². The van der Waals surface area contributed by atoms with Crippen molar-refractivity contribution >= 4 is 34.7 Å². The Morgan fingerprint density at radius 1 is 1.26 bits per heavy atom. The number of thiophene rings is 1. The lowest BCUT2D eigenvalue weighted by atomic mass is 10.1. The van der Waals surface area contributed by atoms with E-state index in [1.54, 1.807) is 23.1 Å². The molecule has 3 rings (SSSR count). The lowest BCUT2D eigenvalue weighted by molar-refractivity contribution is 0.794. The second-order valence-corrected chi connectivity index (χ2v) is 8.00. The standard InChI is InChI=1S/C17H18ClN3S2/c1-11(2)15-8-13(10-22-15)16-19-20-17(21(16)3)23-9-12-5-4-6-14(18)7-12/h4-8,10-11H,9H2,1-3H3. The molecule has 2 heterocycles. The second kappa shape index (κ2) is 7.07. The zero-order valence-electron chi connectivity index (χ0n) is 13.3. The van der Waals surface area contributed by atoms with Gasteiger partial charge in [0.2, 0.25) is 0 Å². The Hall–Kier alpha value is -1.30. The van der Waals surface area contributed by atoms with E-state index < -0.39 is 0 Å². The number of hydrogen-bond acceptors (Lipinski definition) is 4. The van der Waals surface area contributed by atoms with E-state index in [9.17, 15) is 0 Å². The van der Waals surface area contributed by atoms with Gasteiger partial charge >= 0.3 is 0 Å². The molecule has 0 amide bonds. The van der Waals surface area contributed by atoms with E-state index >= 15 is 0 Å². The maximum atomic E-state index is 6.03. The zero-order chi connectivity index (χ0) is 16.4. The van der Waals surface area contributed by atoms with Crippen molar-refractivity contribution < 1.29 is 0 Å². The van der Waals surface area contributed by atoms with Gasteiger partial charge in [-0.05, 0) is 29.7 Å². The van der Waals surface area contributed by atoms with Crippen molar-refractivity contribution in [3.8, 4) is 11.4 Å². The largest absolute Gasteiger partial charge is 0.305 e. The van der Waals surface area contributed by atoms with Gasteiger partial charge in [-0.25, -0.2) is 0 Å². The maximum Gasteiger partial charge on any atom is 0.191 e. The summed E-state index contributed by atoms with van der Waals surface area (Å²) in [5.74, 6) is 2.29.